The quantitative estimate of drug-likeness (QED) is 0.625. The molecule has 1 rings (SSSR count). The fourth-order valence-corrected chi connectivity index (χ4v) is 1.87. The largest absolute Gasteiger partial charge is 0.395 e. The van der Waals surface area contributed by atoms with Gasteiger partial charge in [0.05, 0.1) is 11.5 Å². The molecule has 5 nitrogen and oxygen atoms in total. The summed E-state index contributed by atoms with van der Waals surface area (Å²) >= 11 is 0. The predicted octanol–water partition coefficient (Wildman–Crippen LogP) is 1.28. The van der Waals surface area contributed by atoms with E-state index in [1.807, 2.05) is 6.92 Å². The molecule has 0 amide bonds. The van der Waals surface area contributed by atoms with Crippen molar-refractivity contribution in [1.82, 2.24) is 4.83 Å². The molecule has 1 aromatic carbocycles. The lowest BCUT2D eigenvalue weighted by molar-refractivity contribution is 0.216. The van der Waals surface area contributed by atoms with Gasteiger partial charge in [0.1, 0.15) is 0 Å². The molecule has 1 aromatic rings. The molecule has 0 saturated carbocycles. The number of hydrogen-bond acceptors (Lipinski definition) is 4. The van der Waals surface area contributed by atoms with E-state index in [9.17, 15) is 8.42 Å². The SMILES string of the molecule is Cc1ccc(S(=O)(=O)NN=CC(C)(C)CO)cc1. The highest BCUT2D eigenvalue weighted by Crippen LogP contribution is 2.11. The van der Waals surface area contributed by atoms with Crippen molar-refractivity contribution in [3.8, 4) is 0 Å². The molecule has 0 heterocycles. The van der Waals surface area contributed by atoms with Crippen LogP contribution >= 0.6 is 0 Å². The molecule has 0 fully saturated rings. The Morgan fingerprint density at radius 1 is 1.33 bits per heavy atom. The Labute approximate surface area is 108 Å². The minimum absolute atomic E-state index is 0.108. The topological polar surface area (TPSA) is 78.8 Å². The van der Waals surface area contributed by atoms with Gasteiger partial charge in [-0.05, 0) is 19.1 Å². The summed E-state index contributed by atoms with van der Waals surface area (Å²) in [6.45, 7) is 5.27. The number of aryl methyl sites for hydroxylation is 1. The number of hydrazone groups is 1. The number of aliphatic hydroxyl groups is 1. The third-order valence-electron chi connectivity index (χ3n) is 2.33. The summed E-state index contributed by atoms with van der Waals surface area (Å²) in [5.74, 6) is 0. The van der Waals surface area contributed by atoms with E-state index in [0.29, 0.717) is 0 Å². The molecule has 0 radical (unpaired) electrons. The van der Waals surface area contributed by atoms with Crippen molar-refractivity contribution in [2.45, 2.75) is 25.7 Å². The van der Waals surface area contributed by atoms with Crippen LogP contribution in [0.15, 0.2) is 34.3 Å². The number of hydrogen-bond donors (Lipinski definition) is 2. The third kappa shape index (κ3) is 4.12. The van der Waals surface area contributed by atoms with Gasteiger partial charge in [0.15, 0.2) is 0 Å². The first-order valence-electron chi connectivity index (χ1n) is 5.50. The van der Waals surface area contributed by atoms with Crippen LogP contribution in [0.4, 0.5) is 0 Å². The zero-order valence-corrected chi connectivity index (χ0v) is 11.5. The number of nitrogens with one attached hydrogen (secondary N) is 1. The molecule has 0 unspecified atom stereocenters. The molecule has 0 aliphatic heterocycles. The summed E-state index contributed by atoms with van der Waals surface area (Å²) in [5.41, 5.74) is 0.425. The van der Waals surface area contributed by atoms with Crippen LogP contribution < -0.4 is 4.83 Å². The van der Waals surface area contributed by atoms with E-state index in [-0.39, 0.29) is 11.5 Å². The van der Waals surface area contributed by atoms with Crippen LogP contribution in [-0.2, 0) is 10.0 Å². The normalized spacial score (nSPS) is 12.9. The lowest BCUT2D eigenvalue weighted by Gasteiger charge is -2.14. The van der Waals surface area contributed by atoms with Gasteiger partial charge in [0.25, 0.3) is 10.0 Å². The fraction of sp³-hybridized carbons (Fsp3) is 0.417. The molecule has 0 saturated heterocycles. The Balaban J connectivity index is 2.81. The minimum atomic E-state index is -3.64. The average Bonchev–Trinajstić information content (AvgIpc) is 2.29. The highest BCUT2D eigenvalue weighted by molar-refractivity contribution is 7.89. The van der Waals surface area contributed by atoms with Gasteiger partial charge in [-0.1, -0.05) is 31.5 Å². The first kappa shape index (κ1) is 14.7. The van der Waals surface area contributed by atoms with E-state index >= 15 is 0 Å². The van der Waals surface area contributed by atoms with Crippen LogP contribution in [0.1, 0.15) is 19.4 Å². The Kier molecular flexibility index (Phi) is 4.48. The summed E-state index contributed by atoms with van der Waals surface area (Å²) in [6.07, 6.45) is 1.37. The smallest absolute Gasteiger partial charge is 0.276 e. The Bertz CT molecular complexity index is 519. The summed E-state index contributed by atoms with van der Waals surface area (Å²) in [4.78, 5) is 2.28. The van der Waals surface area contributed by atoms with Crippen molar-refractivity contribution in [2.24, 2.45) is 10.5 Å². The highest BCUT2D eigenvalue weighted by Gasteiger charge is 2.15. The molecule has 100 valence electrons. The summed E-state index contributed by atoms with van der Waals surface area (Å²) in [6, 6.07) is 6.47. The van der Waals surface area contributed by atoms with Crippen LogP contribution in [-0.4, -0.2) is 26.3 Å². The maximum absolute atomic E-state index is 11.8. The van der Waals surface area contributed by atoms with Crippen LogP contribution in [0.25, 0.3) is 0 Å². The number of rotatable bonds is 5. The molecule has 0 spiro atoms. The predicted molar refractivity (Wildman–Crippen MR) is 70.9 cm³/mol. The van der Waals surface area contributed by atoms with Crippen LogP contribution in [0.5, 0.6) is 0 Å². The summed E-state index contributed by atoms with van der Waals surface area (Å²) in [5, 5.41) is 12.7. The third-order valence-corrected chi connectivity index (χ3v) is 3.56. The Morgan fingerprint density at radius 2 is 1.89 bits per heavy atom. The molecule has 18 heavy (non-hydrogen) atoms. The standard InChI is InChI=1S/C12H18N2O3S/c1-10-4-6-11(7-5-10)18(16,17)14-13-8-12(2,3)9-15/h4-8,14-15H,9H2,1-3H3. The highest BCUT2D eigenvalue weighted by atomic mass is 32.2. The molecule has 0 atom stereocenters. The molecule has 0 aliphatic rings. The lowest BCUT2D eigenvalue weighted by atomic mass is 9.97. The number of sulfonamides is 1. The van der Waals surface area contributed by atoms with Crippen molar-refractivity contribution in [3.63, 3.8) is 0 Å². The zero-order valence-electron chi connectivity index (χ0n) is 10.7. The van der Waals surface area contributed by atoms with Gasteiger partial charge >= 0.3 is 0 Å². The molecular formula is C12H18N2O3S. The van der Waals surface area contributed by atoms with Gasteiger partial charge in [-0.25, -0.2) is 4.83 Å². The van der Waals surface area contributed by atoms with Crippen LogP contribution in [0, 0.1) is 12.3 Å². The zero-order chi connectivity index (χ0) is 13.8. The van der Waals surface area contributed by atoms with Gasteiger partial charge in [-0.3, -0.25) is 0 Å². The Morgan fingerprint density at radius 3 is 2.39 bits per heavy atom. The number of benzene rings is 1. The van der Waals surface area contributed by atoms with E-state index in [2.05, 4.69) is 9.93 Å². The van der Waals surface area contributed by atoms with E-state index in [4.69, 9.17) is 5.11 Å². The lowest BCUT2D eigenvalue weighted by Crippen LogP contribution is -2.23. The molecule has 2 N–H and O–H groups in total. The van der Waals surface area contributed by atoms with Crippen molar-refractivity contribution in [1.29, 1.82) is 0 Å². The number of nitrogens with zero attached hydrogens (tertiary/aromatic N) is 1. The van der Waals surface area contributed by atoms with E-state index < -0.39 is 15.4 Å². The second-order valence-corrected chi connectivity index (χ2v) is 6.47. The second kappa shape index (κ2) is 5.49. The first-order chi connectivity index (χ1) is 8.27. The van der Waals surface area contributed by atoms with Crippen molar-refractivity contribution in [2.75, 3.05) is 6.61 Å². The van der Waals surface area contributed by atoms with Gasteiger partial charge in [-0.2, -0.15) is 13.5 Å². The van der Waals surface area contributed by atoms with Gasteiger partial charge in [0, 0.05) is 11.6 Å². The van der Waals surface area contributed by atoms with Gasteiger partial charge < -0.3 is 5.11 Å². The number of aliphatic hydroxyl groups excluding tert-OH is 1. The van der Waals surface area contributed by atoms with Crippen LogP contribution in [0.2, 0.25) is 0 Å². The monoisotopic (exact) mass is 270 g/mol. The Hall–Kier alpha value is -1.40. The fourth-order valence-electron chi connectivity index (χ4n) is 1.08. The van der Waals surface area contributed by atoms with E-state index in [1.165, 1.54) is 18.3 Å². The molecule has 0 aromatic heterocycles. The van der Waals surface area contributed by atoms with Gasteiger partial charge in [0.2, 0.25) is 0 Å². The second-order valence-electron chi connectivity index (χ2n) is 4.81. The molecule has 6 heteroatoms. The average molecular weight is 270 g/mol. The summed E-state index contributed by atoms with van der Waals surface area (Å²) < 4.78 is 23.7. The maximum Gasteiger partial charge on any atom is 0.276 e. The molecule has 0 bridgehead atoms. The minimum Gasteiger partial charge on any atom is -0.395 e. The van der Waals surface area contributed by atoms with Crippen LogP contribution in [0.3, 0.4) is 0 Å². The summed E-state index contributed by atoms with van der Waals surface area (Å²) in [7, 11) is -3.64. The van der Waals surface area contributed by atoms with E-state index in [1.54, 1.807) is 26.0 Å². The van der Waals surface area contributed by atoms with E-state index in [0.717, 1.165) is 5.56 Å². The van der Waals surface area contributed by atoms with Crippen molar-refractivity contribution in [3.05, 3.63) is 29.8 Å². The van der Waals surface area contributed by atoms with Crippen molar-refractivity contribution >= 4 is 16.2 Å². The van der Waals surface area contributed by atoms with Crippen molar-refractivity contribution < 1.29 is 13.5 Å². The molecule has 0 aliphatic carbocycles. The van der Waals surface area contributed by atoms with Gasteiger partial charge in [-0.15, -0.1) is 0 Å². The maximum atomic E-state index is 11.8. The molecular weight excluding hydrogens is 252 g/mol. The first-order valence-corrected chi connectivity index (χ1v) is 6.99.